The predicted octanol–water partition coefficient (Wildman–Crippen LogP) is 2.96. The van der Waals surface area contributed by atoms with Crippen LogP contribution in [-0.4, -0.2) is 36.0 Å². The highest BCUT2D eigenvalue weighted by atomic mass is 32.2. The fourth-order valence-corrected chi connectivity index (χ4v) is 2.12. The zero-order valence-corrected chi connectivity index (χ0v) is 13.1. The van der Waals surface area contributed by atoms with Crippen molar-refractivity contribution in [1.29, 1.82) is 0 Å². The van der Waals surface area contributed by atoms with Crippen LogP contribution in [0.3, 0.4) is 0 Å². The van der Waals surface area contributed by atoms with Gasteiger partial charge >= 0.3 is 0 Å². The second kappa shape index (κ2) is 7.22. The van der Waals surface area contributed by atoms with Gasteiger partial charge in [0.15, 0.2) is 0 Å². The highest BCUT2D eigenvalue weighted by Gasteiger charge is 2.13. The Kier molecular flexibility index (Phi) is 6.26. The minimum Gasteiger partial charge on any atom is -0.468 e. The van der Waals surface area contributed by atoms with Crippen LogP contribution in [0.1, 0.15) is 32.1 Å². The molecule has 0 aliphatic rings. The lowest BCUT2D eigenvalue weighted by Crippen LogP contribution is -2.35. The van der Waals surface area contributed by atoms with E-state index in [4.69, 9.17) is 4.42 Å². The van der Waals surface area contributed by atoms with Crippen LogP contribution in [0.15, 0.2) is 16.7 Å². The third-order valence-corrected chi connectivity index (χ3v) is 3.33. The maximum atomic E-state index is 5.57. The molecule has 1 aromatic heterocycles. The van der Waals surface area contributed by atoms with E-state index in [9.17, 15) is 0 Å². The summed E-state index contributed by atoms with van der Waals surface area (Å²) in [5.41, 5.74) is 1.41. The molecular formula is C14H26N2OS. The fraction of sp³-hybridized carbons (Fsp3) is 0.714. The number of furan rings is 1. The van der Waals surface area contributed by atoms with Crippen LogP contribution in [0.5, 0.6) is 0 Å². The highest BCUT2D eigenvalue weighted by molar-refractivity contribution is 7.98. The molecule has 1 rings (SSSR count). The van der Waals surface area contributed by atoms with Gasteiger partial charge in [0.1, 0.15) is 5.76 Å². The smallest absolute Gasteiger partial charge is 0.122 e. The van der Waals surface area contributed by atoms with Crippen molar-refractivity contribution in [3.63, 3.8) is 0 Å². The number of rotatable bonds is 7. The van der Waals surface area contributed by atoms with Gasteiger partial charge in [0.05, 0.1) is 12.8 Å². The molecule has 0 radical (unpaired) electrons. The van der Waals surface area contributed by atoms with E-state index in [2.05, 4.69) is 50.4 Å². The quantitative estimate of drug-likeness (QED) is 0.824. The maximum absolute atomic E-state index is 5.57. The van der Waals surface area contributed by atoms with Crippen molar-refractivity contribution >= 4 is 11.8 Å². The third kappa shape index (κ3) is 5.94. The average Bonchev–Trinajstić information content (AvgIpc) is 2.70. The number of nitrogens with zero attached hydrogens (tertiary/aromatic N) is 1. The molecule has 0 fully saturated rings. The third-order valence-electron chi connectivity index (χ3n) is 2.73. The monoisotopic (exact) mass is 270 g/mol. The molecule has 0 saturated heterocycles. The lowest BCUT2D eigenvalue weighted by Gasteiger charge is -2.21. The predicted molar refractivity (Wildman–Crippen MR) is 80.0 cm³/mol. The van der Waals surface area contributed by atoms with Crippen LogP contribution in [0, 0.1) is 0 Å². The summed E-state index contributed by atoms with van der Waals surface area (Å²) in [5.74, 6) is 2.23. The van der Waals surface area contributed by atoms with Crippen molar-refractivity contribution in [1.82, 2.24) is 10.2 Å². The Morgan fingerprint density at radius 1 is 1.39 bits per heavy atom. The second-order valence-electron chi connectivity index (χ2n) is 5.70. The molecule has 1 heterocycles. The van der Waals surface area contributed by atoms with Crippen molar-refractivity contribution in [3.8, 4) is 0 Å². The van der Waals surface area contributed by atoms with E-state index in [1.807, 2.05) is 11.8 Å². The molecule has 0 saturated carbocycles. The van der Waals surface area contributed by atoms with E-state index in [0.717, 1.165) is 25.4 Å². The van der Waals surface area contributed by atoms with Gasteiger partial charge in [0.2, 0.25) is 0 Å². The molecule has 0 atom stereocenters. The molecule has 104 valence electrons. The van der Waals surface area contributed by atoms with Gasteiger partial charge in [-0.1, -0.05) is 0 Å². The first-order valence-electron chi connectivity index (χ1n) is 6.40. The molecule has 1 aromatic rings. The lowest BCUT2D eigenvalue weighted by atomic mass is 10.1. The van der Waals surface area contributed by atoms with E-state index < -0.39 is 0 Å². The Bertz CT molecular complexity index is 344. The van der Waals surface area contributed by atoms with Gasteiger partial charge in [-0.2, -0.15) is 11.8 Å². The van der Waals surface area contributed by atoms with Crippen LogP contribution in [0.4, 0.5) is 0 Å². The average molecular weight is 270 g/mol. The van der Waals surface area contributed by atoms with E-state index >= 15 is 0 Å². The van der Waals surface area contributed by atoms with Crippen molar-refractivity contribution in [2.24, 2.45) is 0 Å². The van der Waals surface area contributed by atoms with Gasteiger partial charge in [0.25, 0.3) is 0 Å². The van der Waals surface area contributed by atoms with Crippen LogP contribution < -0.4 is 5.32 Å². The Hall–Kier alpha value is -0.450. The molecule has 4 heteroatoms. The number of thioether (sulfide) groups is 1. The van der Waals surface area contributed by atoms with Crippen molar-refractivity contribution in [3.05, 3.63) is 23.7 Å². The summed E-state index contributed by atoms with van der Waals surface area (Å²) >= 11 is 1.88. The van der Waals surface area contributed by atoms with Crippen molar-refractivity contribution < 1.29 is 4.42 Å². The first-order chi connectivity index (χ1) is 8.42. The molecule has 0 bridgehead atoms. The molecular weight excluding hydrogens is 244 g/mol. The van der Waals surface area contributed by atoms with Crippen LogP contribution in [-0.2, 0) is 13.1 Å². The molecule has 0 aliphatic heterocycles. The molecule has 0 amide bonds. The van der Waals surface area contributed by atoms with Crippen molar-refractivity contribution in [2.75, 3.05) is 25.6 Å². The SMILES string of the molecule is CSCCN(C)Cc1ccoc1CNC(C)(C)C. The Morgan fingerprint density at radius 2 is 2.11 bits per heavy atom. The molecule has 0 aromatic carbocycles. The van der Waals surface area contributed by atoms with Gasteiger partial charge in [-0.25, -0.2) is 0 Å². The first kappa shape index (κ1) is 15.6. The fourth-order valence-electron chi connectivity index (χ4n) is 1.63. The van der Waals surface area contributed by atoms with Crippen LogP contribution in [0.25, 0.3) is 0 Å². The van der Waals surface area contributed by atoms with E-state index in [1.54, 1.807) is 6.26 Å². The van der Waals surface area contributed by atoms with Gasteiger partial charge < -0.3 is 14.6 Å². The molecule has 0 aliphatic carbocycles. The molecule has 18 heavy (non-hydrogen) atoms. The summed E-state index contributed by atoms with van der Waals surface area (Å²) in [6, 6.07) is 2.08. The summed E-state index contributed by atoms with van der Waals surface area (Å²) in [6.07, 6.45) is 3.93. The number of hydrogen-bond donors (Lipinski definition) is 1. The van der Waals surface area contributed by atoms with Gasteiger partial charge in [-0.3, -0.25) is 0 Å². The topological polar surface area (TPSA) is 28.4 Å². The van der Waals surface area contributed by atoms with E-state index in [0.29, 0.717) is 0 Å². The summed E-state index contributed by atoms with van der Waals surface area (Å²) in [4.78, 5) is 2.34. The lowest BCUT2D eigenvalue weighted by molar-refractivity contribution is 0.338. The molecule has 3 nitrogen and oxygen atoms in total. The molecule has 0 spiro atoms. The Balaban J connectivity index is 2.49. The van der Waals surface area contributed by atoms with E-state index in [1.165, 1.54) is 11.3 Å². The van der Waals surface area contributed by atoms with Crippen molar-refractivity contribution in [2.45, 2.75) is 39.4 Å². The normalized spacial score (nSPS) is 12.3. The van der Waals surface area contributed by atoms with Crippen LogP contribution in [0.2, 0.25) is 0 Å². The zero-order valence-electron chi connectivity index (χ0n) is 12.2. The summed E-state index contributed by atoms with van der Waals surface area (Å²) in [6.45, 7) is 9.36. The van der Waals surface area contributed by atoms with Crippen LogP contribution >= 0.6 is 11.8 Å². The van der Waals surface area contributed by atoms with Gasteiger partial charge in [-0.05, 0) is 40.1 Å². The highest BCUT2D eigenvalue weighted by Crippen LogP contribution is 2.14. The molecule has 0 unspecified atom stereocenters. The van der Waals surface area contributed by atoms with Gasteiger partial charge in [-0.15, -0.1) is 0 Å². The minimum absolute atomic E-state index is 0.120. The second-order valence-corrected chi connectivity index (χ2v) is 6.69. The zero-order chi connectivity index (χ0) is 13.6. The minimum atomic E-state index is 0.120. The number of nitrogens with one attached hydrogen (secondary N) is 1. The number of hydrogen-bond acceptors (Lipinski definition) is 4. The van der Waals surface area contributed by atoms with Gasteiger partial charge in [0, 0.05) is 29.9 Å². The largest absolute Gasteiger partial charge is 0.468 e. The summed E-state index contributed by atoms with van der Waals surface area (Å²) < 4.78 is 5.57. The summed E-state index contributed by atoms with van der Waals surface area (Å²) in [7, 11) is 2.16. The van der Waals surface area contributed by atoms with E-state index in [-0.39, 0.29) is 5.54 Å². The molecule has 1 N–H and O–H groups in total. The maximum Gasteiger partial charge on any atom is 0.122 e. The summed E-state index contributed by atoms with van der Waals surface area (Å²) in [5, 5.41) is 3.46. The standard InChI is InChI=1S/C14H26N2OS/c1-14(2,3)15-10-13-12(6-8-17-13)11-16(4)7-9-18-5/h6,8,15H,7,9-11H2,1-5H3. The first-order valence-corrected chi connectivity index (χ1v) is 7.79. The Labute approximate surface area is 115 Å². The Morgan fingerprint density at radius 3 is 2.72 bits per heavy atom.